The zero-order chi connectivity index (χ0) is 22.9. The molecule has 32 heavy (non-hydrogen) atoms. The summed E-state index contributed by atoms with van der Waals surface area (Å²) in [6.45, 7) is 2.31. The fourth-order valence-electron chi connectivity index (χ4n) is 4.26. The monoisotopic (exact) mass is 480 g/mol. The Morgan fingerprint density at radius 1 is 1.22 bits per heavy atom. The fourth-order valence-corrected chi connectivity index (χ4v) is 7.06. The number of hydrogen-bond acceptors (Lipinski definition) is 6. The first-order valence-electron chi connectivity index (χ1n) is 10.7. The molecular formula is C22H25FN2O5S2. The van der Waals surface area contributed by atoms with Gasteiger partial charge < -0.3 is 10.1 Å². The highest BCUT2D eigenvalue weighted by Crippen LogP contribution is 2.40. The van der Waals surface area contributed by atoms with E-state index in [4.69, 9.17) is 4.74 Å². The van der Waals surface area contributed by atoms with Crippen LogP contribution in [0, 0.1) is 11.7 Å². The van der Waals surface area contributed by atoms with Crippen LogP contribution in [0.25, 0.3) is 0 Å². The summed E-state index contributed by atoms with van der Waals surface area (Å²) in [4.78, 5) is 26.7. The van der Waals surface area contributed by atoms with Gasteiger partial charge >= 0.3 is 5.97 Å². The minimum absolute atomic E-state index is 0.000706. The molecule has 1 fully saturated rings. The lowest BCUT2D eigenvalue weighted by Gasteiger charge is -2.31. The minimum atomic E-state index is -3.83. The third-order valence-electron chi connectivity index (χ3n) is 5.84. The number of nitrogens with one attached hydrogen (secondary N) is 1. The molecule has 1 amide bonds. The normalized spacial score (nSPS) is 18.9. The summed E-state index contributed by atoms with van der Waals surface area (Å²) < 4.78 is 45.6. The number of rotatable bonds is 6. The Balaban J connectivity index is 1.51. The number of thiophene rings is 1. The van der Waals surface area contributed by atoms with Crippen LogP contribution in [-0.4, -0.2) is 44.3 Å². The van der Waals surface area contributed by atoms with Crippen LogP contribution in [-0.2, 0) is 32.4 Å². The molecule has 0 bridgehead atoms. The van der Waals surface area contributed by atoms with E-state index in [2.05, 4.69) is 5.32 Å². The number of carbonyl (C=O) groups is 2. The molecule has 1 aromatic carbocycles. The summed E-state index contributed by atoms with van der Waals surface area (Å²) in [5.41, 5.74) is 1.39. The molecule has 1 aliphatic heterocycles. The van der Waals surface area contributed by atoms with Crippen LogP contribution in [0.2, 0.25) is 0 Å². The number of nitrogens with zero attached hydrogens (tertiary/aromatic N) is 1. The summed E-state index contributed by atoms with van der Waals surface area (Å²) in [5.74, 6) is -1.81. The number of aryl methyl sites for hydroxylation is 1. The molecule has 0 radical (unpaired) electrons. The Bertz CT molecular complexity index is 1130. The Labute approximate surface area is 190 Å². The van der Waals surface area contributed by atoms with Gasteiger partial charge in [0.05, 0.1) is 23.0 Å². The van der Waals surface area contributed by atoms with Gasteiger partial charge in [0.25, 0.3) is 0 Å². The molecule has 1 N–H and O–H groups in total. The highest BCUT2D eigenvalue weighted by atomic mass is 32.2. The van der Waals surface area contributed by atoms with E-state index in [-0.39, 0.29) is 24.0 Å². The number of sulfonamides is 1. The van der Waals surface area contributed by atoms with Gasteiger partial charge in [-0.15, -0.1) is 11.3 Å². The predicted molar refractivity (Wildman–Crippen MR) is 119 cm³/mol. The molecule has 0 saturated carbocycles. The zero-order valence-electron chi connectivity index (χ0n) is 17.7. The number of fused-ring (bicyclic) bond motifs is 1. The molecule has 1 aliphatic carbocycles. The van der Waals surface area contributed by atoms with E-state index >= 15 is 0 Å². The van der Waals surface area contributed by atoms with E-state index in [1.165, 1.54) is 27.8 Å². The van der Waals surface area contributed by atoms with Crippen LogP contribution in [0.15, 0.2) is 29.2 Å². The molecule has 0 spiro atoms. The van der Waals surface area contributed by atoms with Gasteiger partial charge in [-0.3, -0.25) is 4.79 Å². The van der Waals surface area contributed by atoms with Gasteiger partial charge in [-0.05, 0) is 68.9 Å². The van der Waals surface area contributed by atoms with Crippen molar-refractivity contribution in [3.63, 3.8) is 0 Å². The van der Waals surface area contributed by atoms with Crippen molar-refractivity contribution in [2.24, 2.45) is 5.92 Å². The van der Waals surface area contributed by atoms with Crippen molar-refractivity contribution in [3.8, 4) is 0 Å². The molecule has 1 unspecified atom stereocenters. The average Bonchev–Trinajstić information content (AvgIpc) is 3.35. The second-order valence-corrected chi connectivity index (χ2v) is 11.0. The highest BCUT2D eigenvalue weighted by Gasteiger charge is 2.35. The predicted octanol–water partition coefficient (Wildman–Crippen LogP) is 3.59. The van der Waals surface area contributed by atoms with Gasteiger partial charge in [-0.25, -0.2) is 17.6 Å². The lowest BCUT2D eigenvalue weighted by atomic mass is 9.99. The molecule has 1 atom stereocenters. The number of hydrogen-bond donors (Lipinski definition) is 1. The number of piperidine rings is 1. The molecular weight excluding hydrogens is 455 g/mol. The lowest BCUT2D eigenvalue weighted by molar-refractivity contribution is -0.120. The Morgan fingerprint density at radius 2 is 1.97 bits per heavy atom. The molecule has 4 rings (SSSR count). The molecule has 2 aliphatic rings. The van der Waals surface area contributed by atoms with Crippen molar-refractivity contribution < 1.29 is 27.1 Å². The molecule has 1 saturated heterocycles. The number of esters is 1. The molecule has 10 heteroatoms. The van der Waals surface area contributed by atoms with E-state index < -0.39 is 27.7 Å². The van der Waals surface area contributed by atoms with Gasteiger partial charge in [-0.1, -0.05) is 0 Å². The third-order valence-corrected chi connectivity index (χ3v) is 8.93. The topological polar surface area (TPSA) is 92.8 Å². The number of ether oxygens (including phenoxy) is 1. The average molecular weight is 481 g/mol. The second kappa shape index (κ2) is 9.29. The van der Waals surface area contributed by atoms with Crippen molar-refractivity contribution in [1.82, 2.24) is 4.31 Å². The van der Waals surface area contributed by atoms with Crippen LogP contribution in [0.4, 0.5) is 9.39 Å². The molecule has 7 nitrogen and oxygen atoms in total. The van der Waals surface area contributed by atoms with Crippen LogP contribution in [0.3, 0.4) is 0 Å². The molecule has 2 aromatic rings. The first-order valence-corrected chi connectivity index (χ1v) is 12.9. The van der Waals surface area contributed by atoms with Crippen LogP contribution >= 0.6 is 11.3 Å². The smallest absolute Gasteiger partial charge is 0.341 e. The number of benzene rings is 1. The maximum atomic E-state index is 13.2. The molecule has 172 valence electrons. The van der Waals surface area contributed by atoms with Gasteiger partial charge in [0.1, 0.15) is 10.8 Å². The quantitative estimate of drug-likeness (QED) is 0.638. The summed E-state index contributed by atoms with van der Waals surface area (Å²) >= 11 is 1.40. The van der Waals surface area contributed by atoms with Crippen molar-refractivity contribution in [2.75, 3.05) is 25.0 Å². The van der Waals surface area contributed by atoms with Crippen LogP contribution < -0.4 is 5.32 Å². The summed E-state index contributed by atoms with van der Waals surface area (Å²) in [5, 5.41) is 3.36. The summed E-state index contributed by atoms with van der Waals surface area (Å²) in [7, 11) is -3.83. The Hall–Kier alpha value is -2.30. The highest BCUT2D eigenvalue weighted by molar-refractivity contribution is 7.89. The van der Waals surface area contributed by atoms with Gasteiger partial charge in [0.15, 0.2) is 0 Å². The van der Waals surface area contributed by atoms with Gasteiger partial charge in [0.2, 0.25) is 15.9 Å². The van der Waals surface area contributed by atoms with E-state index in [0.29, 0.717) is 30.0 Å². The lowest BCUT2D eigenvalue weighted by Crippen LogP contribution is -2.43. The van der Waals surface area contributed by atoms with Crippen molar-refractivity contribution in [3.05, 3.63) is 46.1 Å². The van der Waals surface area contributed by atoms with E-state index in [1.54, 1.807) is 6.92 Å². The fraction of sp³-hybridized carbons (Fsp3) is 0.455. The number of anilines is 1. The van der Waals surface area contributed by atoms with Gasteiger partial charge in [-0.2, -0.15) is 4.31 Å². The zero-order valence-corrected chi connectivity index (χ0v) is 19.4. The summed E-state index contributed by atoms with van der Waals surface area (Å²) in [6, 6.07) is 4.67. The van der Waals surface area contributed by atoms with E-state index in [0.717, 1.165) is 41.8 Å². The van der Waals surface area contributed by atoms with Crippen molar-refractivity contribution in [2.45, 2.75) is 43.9 Å². The summed E-state index contributed by atoms with van der Waals surface area (Å²) in [6.07, 6.45) is 3.70. The van der Waals surface area contributed by atoms with E-state index in [9.17, 15) is 22.4 Å². The SMILES string of the molecule is CCOC(=O)c1c(NC(=O)C2CCCN(S(=O)(=O)c3ccc(F)cc3)C2)sc2c1CCC2. The first-order chi connectivity index (χ1) is 15.3. The molecule has 1 aromatic heterocycles. The van der Waals surface area contributed by atoms with Crippen LogP contribution in [0.1, 0.15) is 47.0 Å². The number of amides is 1. The largest absolute Gasteiger partial charge is 0.462 e. The molecule has 2 heterocycles. The Morgan fingerprint density at radius 3 is 2.69 bits per heavy atom. The van der Waals surface area contributed by atoms with Crippen molar-refractivity contribution >= 4 is 38.2 Å². The van der Waals surface area contributed by atoms with Crippen LogP contribution in [0.5, 0.6) is 0 Å². The van der Waals surface area contributed by atoms with Crippen molar-refractivity contribution in [1.29, 1.82) is 0 Å². The minimum Gasteiger partial charge on any atom is -0.462 e. The van der Waals surface area contributed by atoms with Gasteiger partial charge in [0, 0.05) is 18.0 Å². The maximum absolute atomic E-state index is 13.2. The standard InChI is InChI=1S/C22H25FN2O5S2/c1-2-30-22(27)19-17-6-3-7-18(17)31-21(19)24-20(26)14-5-4-12-25(13-14)32(28,29)16-10-8-15(23)9-11-16/h8-11,14H,2-7,12-13H2,1H3,(H,24,26). The first kappa shape index (κ1) is 22.9. The maximum Gasteiger partial charge on any atom is 0.341 e. The number of carbonyl (C=O) groups excluding carboxylic acids is 2. The van der Waals surface area contributed by atoms with E-state index in [1.807, 2.05) is 0 Å². The second-order valence-electron chi connectivity index (χ2n) is 7.93. The Kier molecular flexibility index (Phi) is 6.64. The number of halogens is 1. The third kappa shape index (κ3) is 4.44.